The lowest BCUT2D eigenvalue weighted by molar-refractivity contribution is 0.550. The summed E-state index contributed by atoms with van der Waals surface area (Å²) < 4.78 is 12.9. The molecule has 0 saturated heterocycles. The molecule has 0 amide bonds. The Labute approximate surface area is 106 Å². The summed E-state index contributed by atoms with van der Waals surface area (Å²) in [5, 5.41) is 3.82. The Hall–Kier alpha value is -0.470. The second kappa shape index (κ2) is 6.31. The first kappa shape index (κ1) is 13.6. The van der Waals surface area contributed by atoms with E-state index in [9.17, 15) is 4.39 Å². The van der Waals surface area contributed by atoms with Crippen LogP contribution in [-0.2, 0) is 0 Å². The highest BCUT2D eigenvalue weighted by molar-refractivity contribution is 6.39. The zero-order chi connectivity index (χ0) is 12.1. The quantitative estimate of drug-likeness (QED) is 0.790. The van der Waals surface area contributed by atoms with Gasteiger partial charge in [-0.05, 0) is 24.5 Å². The predicted octanol–water partition coefficient (Wildman–Crippen LogP) is 4.98. The molecule has 0 spiro atoms. The number of rotatable bonds is 5. The van der Waals surface area contributed by atoms with E-state index >= 15 is 0 Å². The third-order valence-corrected chi connectivity index (χ3v) is 3.01. The molecule has 1 nitrogen and oxygen atoms in total. The normalized spacial score (nSPS) is 12.6. The van der Waals surface area contributed by atoms with Crippen LogP contribution < -0.4 is 5.32 Å². The van der Waals surface area contributed by atoms with Crippen molar-refractivity contribution < 1.29 is 4.39 Å². The van der Waals surface area contributed by atoms with Crippen molar-refractivity contribution in [3.8, 4) is 0 Å². The van der Waals surface area contributed by atoms with Crippen LogP contribution in [0.1, 0.15) is 26.7 Å². The molecular formula is C12H16Cl2FN. The zero-order valence-corrected chi connectivity index (χ0v) is 11.0. The van der Waals surface area contributed by atoms with Crippen molar-refractivity contribution in [2.24, 2.45) is 5.92 Å². The van der Waals surface area contributed by atoms with Crippen LogP contribution in [-0.4, -0.2) is 6.54 Å². The minimum atomic E-state index is -0.415. The zero-order valence-electron chi connectivity index (χ0n) is 9.49. The van der Waals surface area contributed by atoms with Crippen molar-refractivity contribution in [1.29, 1.82) is 0 Å². The fraction of sp³-hybridized carbons (Fsp3) is 0.500. The van der Waals surface area contributed by atoms with Crippen molar-refractivity contribution in [2.75, 3.05) is 11.9 Å². The molecule has 0 heterocycles. The number of halogens is 3. The molecule has 1 aromatic rings. The summed E-state index contributed by atoms with van der Waals surface area (Å²) in [6.07, 6.45) is 2.29. The number of hydrogen-bond acceptors (Lipinski definition) is 1. The average molecular weight is 264 g/mol. The molecule has 0 aliphatic carbocycles. The fourth-order valence-electron chi connectivity index (χ4n) is 1.58. The topological polar surface area (TPSA) is 12.0 Å². The van der Waals surface area contributed by atoms with E-state index in [0.717, 1.165) is 19.4 Å². The number of nitrogens with one attached hydrogen (secondary N) is 1. The van der Waals surface area contributed by atoms with Crippen LogP contribution in [0.15, 0.2) is 12.1 Å². The molecule has 0 aliphatic rings. The van der Waals surface area contributed by atoms with Gasteiger partial charge < -0.3 is 5.32 Å². The van der Waals surface area contributed by atoms with E-state index in [0.29, 0.717) is 21.7 Å². The maximum absolute atomic E-state index is 12.9. The first-order valence-corrected chi connectivity index (χ1v) is 6.18. The van der Waals surface area contributed by atoms with Gasteiger partial charge in [0.25, 0.3) is 0 Å². The van der Waals surface area contributed by atoms with E-state index in [-0.39, 0.29) is 0 Å². The van der Waals surface area contributed by atoms with Crippen LogP contribution in [0.2, 0.25) is 10.0 Å². The van der Waals surface area contributed by atoms with Gasteiger partial charge in [-0.1, -0.05) is 43.5 Å². The molecule has 1 atom stereocenters. The van der Waals surface area contributed by atoms with E-state index < -0.39 is 5.82 Å². The van der Waals surface area contributed by atoms with Crippen LogP contribution in [0.4, 0.5) is 10.1 Å². The van der Waals surface area contributed by atoms with Crippen molar-refractivity contribution >= 4 is 28.9 Å². The molecule has 0 aromatic heterocycles. The van der Waals surface area contributed by atoms with E-state index in [2.05, 4.69) is 19.2 Å². The van der Waals surface area contributed by atoms with Crippen LogP contribution in [0.25, 0.3) is 0 Å². The van der Waals surface area contributed by atoms with E-state index in [1.54, 1.807) is 0 Å². The van der Waals surface area contributed by atoms with Crippen LogP contribution in [0, 0.1) is 11.7 Å². The first-order valence-electron chi connectivity index (χ1n) is 5.43. The standard InChI is InChI=1S/C12H16Cl2FN/c1-3-4-8(2)7-16-12-10(13)5-9(15)6-11(12)14/h5-6,8,16H,3-4,7H2,1-2H3. The van der Waals surface area contributed by atoms with E-state index in [1.165, 1.54) is 12.1 Å². The summed E-state index contributed by atoms with van der Waals surface area (Å²) in [5.41, 5.74) is 0.618. The first-order chi connectivity index (χ1) is 7.54. The Bertz CT molecular complexity index is 332. The van der Waals surface area contributed by atoms with Crippen molar-refractivity contribution in [1.82, 2.24) is 0 Å². The van der Waals surface area contributed by atoms with Gasteiger partial charge in [-0.15, -0.1) is 0 Å². The third kappa shape index (κ3) is 3.84. The van der Waals surface area contributed by atoms with Gasteiger partial charge in [-0.25, -0.2) is 4.39 Å². The summed E-state index contributed by atoms with van der Waals surface area (Å²) in [5.74, 6) is 0.129. The molecule has 4 heteroatoms. The Balaban J connectivity index is 2.67. The molecule has 0 saturated carbocycles. The number of benzene rings is 1. The van der Waals surface area contributed by atoms with Gasteiger partial charge in [0.05, 0.1) is 15.7 Å². The fourth-order valence-corrected chi connectivity index (χ4v) is 2.18. The van der Waals surface area contributed by atoms with Crippen molar-refractivity contribution in [3.05, 3.63) is 28.0 Å². The molecule has 1 N–H and O–H groups in total. The Morgan fingerprint density at radius 3 is 2.38 bits per heavy atom. The van der Waals surface area contributed by atoms with Gasteiger partial charge in [0.2, 0.25) is 0 Å². The SMILES string of the molecule is CCCC(C)CNc1c(Cl)cc(F)cc1Cl. The second-order valence-corrected chi connectivity index (χ2v) is 4.83. The average Bonchev–Trinajstić information content (AvgIpc) is 2.16. The molecule has 1 unspecified atom stereocenters. The molecule has 90 valence electrons. The molecule has 0 radical (unpaired) electrons. The molecule has 1 rings (SSSR count). The lowest BCUT2D eigenvalue weighted by Crippen LogP contribution is -2.11. The summed E-state index contributed by atoms with van der Waals surface area (Å²) in [4.78, 5) is 0. The molecular weight excluding hydrogens is 248 g/mol. The summed E-state index contributed by atoms with van der Waals surface area (Å²) in [6, 6.07) is 2.53. The minimum Gasteiger partial charge on any atom is -0.382 e. The summed E-state index contributed by atoms with van der Waals surface area (Å²) in [6.45, 7) is 5.09. The molecule has 0 aliphatic heterocycles. The molecule has 0 bridgehead atoms. The van der Waals surface area contributed by atoms with Gasteiger partial charge in [-0.3, -0.25) is 0 Å². The lowest BCUT2D eigenvalue weighted by Gasteiger charge is -2.14. The Kier molecular flexibility index (Phi) is 5.36. The third-order valence-electron chi connectivity index (χ3n) is 2.42. The predicted molar refractivity (Wildman–Crippen MR) is 69.0 cm³/mol. The summed E-state index contributed by atoms with van der Waals surface area (Å²) in [7, 11) is 0. The highest BCUT2D eigenvalue weighted by Crippen LogP contribution is 2.31. The number of anilines is 1. The van der Waals surface area contributed by atoms with Gasteiger partial charge in [-0.2, -0.15) is 0 Å². The highest BCUT2D eigenvalue weighted by Gasteiger charge is 2.09. The number of hydrogen-bond donors (Lipinski definition) is 1. The molecule has 1 aromatic carbocycles. The summed E-state index contributed by atoms with van der Waals surface area (Å²) >= 11 is 11.8. The van der Waals surface area contributed by atoms with Gasteiger partial charge in [0.1, 0.15) is 5.82 Å². The largest absolute Gasteiger partial charge is 0.382 e. The van der Waals surface area contributed by atoms with Gasteiger partial charge >= 0.3 is 0 Å². The maximum Gasteiger partial charge on any atom is 0.126 e. The lowest BCUT2D eigenvalue weighted by atomic mass is 10.1. The maximum atomic E-state index is 12.9. The minimum absolute atomic E-state index is 0.327. The van der Waals surface area contributed by atoms with Gasteiger partial charge in [0, 0.05) is 6.54 Å². The van der Waals surface area contributed by atoms with Crippen LogP contribution >= 0.6 is 23.2 Å². The van der Waals surface area contributed by atoms with E-state index in [4.69, 9.17) is 23.2 Å². The van der Waals surface area contributed by atoms with Crippen molar-refractivity contribution in [2.45, 2.75) is 26.7 Å². The smallest absolute Gasteiger partial charge is 0.126 e. The van der Waals surface area contributed by atoms with Crippen molar-refractivity contribution in [3.63, 3.8) is 0 Å². The van der Waals surface area contributed by atoms with Crippen LogP contribution in [0.5, 0.6) is 0 Å². The second-order valence-electron chi connectivity index (χ2n) is 4.02. The van der Waals surface area contributed by atoms with Crippen LogP contribution in [0.3, 0.4) is 0 Å². The Morgan fingerprint density at radius 2 is 1.88 bits per heavy atom. The molecule has 16 heavy (non-hydrogen) atoms. The van der Waals surface area contributed by atoms with E-state index in [1.807, 2.05) is 0 Å². The Morgan fingerprint density at radius 1 is 1.31 bits per heavy atom. The monoisotopic (exact) mass is 263 g/mol. The molecule has 0 fully saturated rings. The highest BCUT2D eigenvalue weighted by atomic mass is 35.5. The van der Waals surface area contributed by atoms with Gasteiger partial charge in [0.15, 0.2) is 0 Å².